The Labute approximate surface area is 135 Å². The third kappa shape index (κ3) is 2.51. The average Bonchev–Trinajstić information content (AvgIpc) is 3.20. The van der Waals surface area contributed by atoms with Crippen LogP contribution >= 0.6 is 0 Å². The first-order valence-electron chi connectivity index (χ1n) is 9.33. The second-order valence-corrected chi connectivity index (χ2v) is 7.81. The molecule has 0 amide bonds. The Kier molecular flexibility index (Phi) is 4.00. The number of fused-ring (bicyclic) bond motifs is 3. The summed E-state index contributed by atoms with van der Waals surface area (Å²) in [6, 6.07) is 12.8. The van der Waals surface area contributed by atoms with Crippen molar-refractivity contribution in [3.63, 3.8) is 0 Å². The maximum atomic E-state index is 2.88. The first-order valence-corrected chi connectivity index (χ1v) is 9.33. The highest BCUT2D eigenvalue weighted by molar-refractivity contribution is 5.16. The molecule has 0 aromatic heterocycles. The van der Waals surface area contributed by atoms with E-state index in [1.165, 1.54) is 70.3 Å². The van der Waals surface area contributed by atoms with Crippen molar-refractivity contribution in [3.8, 4) is 0 Å². The van der Waals surface area contributed by atoms with E-state index >= 15 is 0 Å². The average molecular weight is 298 g/mol. The molecule has 3 atom stereocenters. The number of nitrogens with zero attached hydrogens (tertiary/aromatic N) is 2. The minimum absolute atomic E-state index is 0.648. The molecule has 0 aliphatic carbocycles. The van der Waals surface area contributed by atoms with Crippen molar-refractivity contribution in [2.75, 3.05) is 26.2 Å². The highest BCUT2D eigenvalue weighted by Crippen LogP contribution is 2.54. The van der Waals surface area contributed by atoms with Gasteiger partial charge in [-0.05, 0) is 57.2 Å². The summed E-state index contributed by atoms with van der Waals surface area (Å²) in [5, 5.41) is 0. The Balaban J connectivity index is 1.36. The maximum absolute atomic E-state index is 2.88. The molecule has 4 rings (SSSR count). The zero-order valence-corrected chi connectivity index (χ0v) is 14.0. The van der Waals surface area contributed by atoms with Crippen molar-refractivity contribution in [1.82, 2.24) is 9.80 Å². The van der Waals surface area contributed by atoms with Crippen LogP contribution in [0.5, 0.6) is 0 Å². The maximum Gasteiger partial charge on any atom is 0.0168 e. The molecule has 0 saturated carbocycles. The zero-order chi connectivity index (χ0) is 15.0. The summed E-state index contributed by atoms with van der Waals surface area (Å²) in [6.45, 7) is 7.61. The van der Waals surface area contributed by atoms with Gasteiger partial charge in [0.1, 0.15) is 0 Å². The lowest BCUT2D eigenvalue weighted by molar-refractivity contribution is 0.164. The van der Waals surface area contributed by atoms with E-state index in [4.69, 9.17) is 0 Å². The highest BCUT2D eigenvalue weighted by atomic mass is 15.3. The Hall–Kier alpha value is -0.860. The number of hydrogen-bond acceptors (Lipinski definition) is 2. The van der Waals surface area contributed by atoms with Gasteiger partial charge in [-0.15, -0.1) is 0 Å². The van der Waals surface area contributed by atoms with Crippen LogP contribution in [0.1, 0.15) is 44.6 Å². The predicted octanol–water partition coefficient (Wildman–Crippen LogP) is 3.57. The minimum atomic E-state index is 0.648. The molecule has 2 heteroatoms. The molecule has 1 spiro atoms. The Morgan fingerprint density at radius 1 is 1.14 bits per heavy atom. The summed E-state index contributed by atoms with van der Waals surface area (Å²) in [6.07, 6.45) is 8.40. The van der Waals surface area contributed by atoms with E-state index in [-0.39, 0.29) is 0 Å². The number of rotatable bonds is 5. The van der Waals surface area contributed by atoms with Gasteiger partial charge in [0.2, 0.25) is 0 Å². The summed E-state index contributed by atoms with van der Waals surface area (Å²) in [5.41, 5.74) is 2.14. The molecule has 2 nitrogen and oxygen atoms in total. The number of hydrogen-bond donors (Lipinski definition) is 0. The van der Waals surface area contributed by atoms with Crippen molar-refractivity contribution < 1.29 is 0 Å². The standard InChI is InChI=1S/C20H30N2/c1-2-12-22-18-8-9-19(22)20(15-18)11-14-21(16-20)13-10-17-6-4-3-5-7-17/h3-7,18-19H,2,8-16H2,1H3/t18-,19-,20-/m0/s1. The molecule has 3 fully saturated rings. The van der Waals surface area contributed by atoms with Gasteiger partial charge in [-0.1, -0.05) is 37.3 Å². The van der Waals surface area contributed by atoms with E-state index in [0.717, 1.165) is 12.1 Å². The molecular weight excluding hydrogens is 268 g/mol. The molecule has 120 valence electrons. The molecule has 3 aliphatic heterocycles. The first kappa shape index (κ1) is 14.7. The van der Waals surface area contributed by atoms with E-state index in [9.17, 15) is 0 Å². The van der Waals surface area contributed by atoms with E-state index in [1.807, 2.05) is 0 Å². The summed E-state index contributed by atoms with van der Waals surface area (Å²) >= 11 is 0. The SMILES string of the molecule is CCCN1[C@H]2CC[C@H]1[C@@]1(CCN(CCc3ccccc3)C1)C2. The smallest absolute Gasteiger partial charge is 0.0168 e. The quantitative estimate of drug-likeness (QED) is 0.820. The van der Waals surface area contributed by atoms with Crippen LogP contribution in [0, 0.1) is 5.41 Å². The lowest BCUT2D eigenvalue weighted by Crippen LogP contribution is -2.40. The van der Waals surface area contributed by atoms with Crippen molar-refractivity contribution in [2.45, 2.75) is 57.5 Å². The summed E-state index contributed by atoms with van der Waals surface area (Å²) in [7, 11) is 0. The molecule has 22 heavy (non-hydrogen) atoms. The molecular formula is C20H30N2. The van der Waals surface area contributed by atoms with Gasteiger partial charge in [0, 0.05) is 30.6 Å². The van der Waals surface area contributed by atoms with Crippen LogP contribution < -0.4 is 0 Å². The van der Waals surface area contributed by atoms with Crippen LogP contribution in [-0.4, -0.2) is 48.1 Å². The van der Waals surface area contributed by atoms with E-state index in [0.29, 0.717) is 5.41 Å². The Morgan fingerprint density at radius 2 is 2.00 bits per heavy atom. The van der Waals surface area contributed by atoms with Gasteiger partial charge in [-0.25, -0.2) is 0 Å². The van der Waals surface area contributed by atoms with Gasteiger partial charge in [-0.2, -0.15) is 0 Å². The van der Waals surface area contributed by atoms with Crippen molar-refractivity contribution in [2.24, 2.45) is 5.41 Å². The lowest BCUT2D eigenvalue weighted by atomic mass is 9.73. The first-order chi connectivity index (χ1) is 10.8. The normalized spacial score (nSPS) is 35.0. The van der Waals surface area contributed by atoms with Crippen molar-refractivity contribution in [3.05, 3.63) is 35.9 Å². The van der Waals surface area contributed by atoms with Gasteiger partial charge in [0.05, 0.1) is 0 Å². The van der Waals surface area contributed by atoms with Crippen molar-refractivity contribution >= 4 is 0 Å². The topological polar surface area (TPSA) is 6.48 Å². The fourth-order valence-corrected chi connectivity index (χ4v) is 5.56. The minimum Gasteiger partial charge on any atom is -0.302 e. The van der Waals surface area contributed by atoms with E-state index in [2.05, 4.69) is 47.1 Å². The molecule has 1 aromatic carbocycles. The second kappa shape index (κ2) is 5.98. The summed E-state index contributed by atoms with van der Waals surface area (Å²) in [4.78, 5) is 5.62. The van der Waals surface area contributed by atoms with Gasteiger partial charge < -0.3 is 4.90 Å². The third-order valence-electron chi connectivity index (χ3n) is 6.50. The summed E-state index contributed by atoms with van der Waals surface area (Å²) in [5.74, 6) is 0. The van der Waals surface area contributed by atoms with Gasteiger partial charge in [-0.3, -0.25) is 4.90 Å². The number of likely N-dealkylation sites (tertiary alicyclic amines) is 1. The van der Waals surface area contributed by atoms with E-state index in [1.54, 1.807) is 0 Å². The van der Waals surface area contributed by atoms with Crippen LogP contribution in [-0.2, 0) is 6.42 Å². The molecule has 3 saturated heterocycles. The van der Waals surface area contributed by atoms with Crippen molar-refractivity contribution in [1.29, 1.82) is 0 Å². The van der Waals surface area contributed by atoms with Gasteiger partial charge in [0.25, 0.3) is 0 Å². The largest absolute Gasteiger partial charge is 0.302 e. The molecule has 0 radical (unpaired) electrons. The molecule has 3 heterocycles. The lowest BCUT2D eigenvalue weighted by Gasteiger charge is -2.34. The zero-order valence-electron chi connectivity index (χ0n) is 14.0. The Morgan fingerprint density at radius 3 is 2.82 bits per heavy atom. The van der Waals surface area contributed by atoms with Crippen LogP contribution in [0.4, 0.5) is 0 Å². The number of benzene rings is 1. The fourth-order valence-electron chi connectivity index (χ4n) is 5.56. The molecule has 0 unspecified atom stereocenters. The van der Waals surface area contributed by atoms with Gasteiger partial charge in [0.15, 0.2) is 0 Å². The highest BCUT2D eigenvalue weighted by Gasteiger charge is 2.57. The third-order valence-corrected chi connectivity index (χ3v) is 6.50. The second-order valence-electron chi connectivity index (χ2n) is 7.81. The fraction of sp³-hybridized carbons (Fsp3) is 0.700. The van der Waals surface area contributed by atoms with Gasteiger partial charge >= 0.3 is 0 Å². The molecule has 0 N–H and O–H groups in total. The van der Waals surface area contributed by atoms with Crippen LogP contribution in [0.15, 0.2) is 30.3 Å². The van der Waals surface area contributed by atoms with Crippen LogP contribution in [0.3, 0.4) is 0 Å². The molecule has 1 aromatic rings. The predicted molar refractivity (Wildman–Crippen MR) is 92.1 cm³/mol. The van der Waals surface area contributed by atoms with Crippen LogP contribution in [0.25, 0.3) is 0 Å². The van der Waals surface area contributed by atoms with E-state index < -0.39 is 0 Å². The van der Waals surface area contributed by atoms with Crippen LogP contribution in [0.2, 0.25) is 0 Å². The Bertz CT molecular complexity index is 500. The molecule has 2 bridgehead atoms. The monoisotopic (exact) mass is 298 g/mol. The summed E-state index contributed by atoms with van der Waals surface area (Å²) < 4.78 is 0. The molecule has 3 aliphatic rings.